The number of amides is 3. The molecular weight excluding hydrogens is 402 g/mol. The van der Waals surface area contributed by atoms with Gasteiger partial charge in [0.2, 0.25) is 5.91 Å². The molecule has 0 aromatic heterocycles. The molecule has 3 N–H and O–H groups in total. The van der Waals surface area contributed by atoms with Gasteiger partial charge in [0.1, 0.15) is 23.6 Å². The van der Waals surface area contributed by atoms with Crippen LogP contribution in [-0.2, 0) is 9.53 Å². The highest BCUT2D eigenvalue weighted by Crippen LogP contribution is 2.25. The number of ether oxygens (including phenoxy) is 3. The number of methoxy groups -OCH3 is 2. The van der Waals surface area contributed by atoms with Crippen molar-refractivity contribution in [1.29, 1.82) is 0 Å². The average Bonchev–Trinajstić information content (AvgIpc) is 2.72. The minimum Gasteiger partial charge on any atom is -0.497 e. The number of anilines is 2. The zero-order valence-corrected chi connectivity index (χ0v) is 18.2. The third-order valence-corrected chi connectivity index (χ3v) is 3.86. The van der Waals surface area contributed by atoms with E-state index in [9.17, 15) is 14.4 Å². The van der Waals surface area contributed by atoms with Gasteiger partial charge in [0.25, 0.3) is 5.91 Å². The minimum atomic E-state index is -0.698. The van der Waals surface area contributed by atoms with Crippen LogP contribution in [0.1, 0.15) is 31.1 Å². The van der Waals surface area contributed by atoms with Gasteiger partial charge < -0.3 is 30.2 Å². The third-order valence-electron chi connectivity index (χ3n) is 3.86. The molecule has 2 aromatic rings. The Bertz CT molecular complexity index is 930. The van der Waals surface area contributed by atoms with Gasteiger partial charge >= 0.3 is 6.09 Å². The maximum absolute atomic E-state index is 12.7. The van der Waals surface area contributed by atoms with E-state index in [2.05, 4.69) is 16.0 Å². The molecule has 9 nitrogen and oxygen atoms in total. The van der Waals surface area contributed by atoms with E-state index in [0.29, 0.717) is 28.4 Å². The number of carbonyl (C=O) groups is 3. The van der Waals surface area contributed by atoms with Gasteiger partial charge in [0.15, 0.2) is 0 Å². The molecule has 0 fully saturated rings. The second kappa shape index (κ2) is 10.3. The summed E-state index contributed by atoms with van der Waals surface area (Å²) in [6.45, 7) is 4.89. The lowest BCUT2D eigenvalue weighted by Gasteiger charge is -2.19. The molecule has 0 aliphatic rings. The molecule has 0 aliphatic carbocycles. The summed E-state index contributed by atoms with van der Waals surface area (Å²) in [4.78, 5) is 36.7. The Morgan fingerprint density at radius 2 is 1.42 bits per heavy atom. The van der Waals surface area contributed by atoms with Crippen LogP contribution in [0.25, 0.3) is 0 Å². The zero-order chi connectivity index (χ0) is 23.0. The van der Waals surface area contributed by atoms with E-state index >= 15 is 0 Å². The standard InChI is InChI=1S/C22H27N3O6/c1-22(2,3)31-21(28)23-13-19(26)24-17-8-6-7-9-18(17)25-20(27)14-10-15(29-4)12-16(11-14)30-5/h6-12H,13H2,1-5H3,(H,23,28)(H,24,26)(H,25,27). The van der Waals surface area contributed by atoms with Crippen LogP contribution in [0.5, 0.6) is 11.5 Å². The lowest BCUT2D eigenvalue weighted by Crippen LogP contribution is -2.37. The average molecular weight is 429 g/mol. The third kappa shape index (κ3) is 7.54. The highest BCUT2D eigenvalue weighted by Gasteiger charge is 2.17. The van der Waals surface area contributed by atoms with E-state index < -0.39 is 23.5 Å². The summed E-state index contributed by atoms with van der Waals surface area (Å²) in [6, 6.07) is 11.5. The van der Waals surface area contributed by atoms with E-state index in [-0.39, 0.29) is 6.54 Å². The molecule has 0 saturated heterocycles. The van der Waals surface area contributed by atoms with Crippen LogP contribution in [-0.4, -0.2) is 44.3 Å². The lowest BCUT2D eigenvalue weighted by molar-refractivity contribution is -0.115. The first-order valence-electron chi connectivity index (χ1n) is 9.51. The summed E-state index contributed by atoms with van der Waals surface area (Å²) in [5.41, 5.74) is 0.422. The molecule has 0 atom stereocenters. The summed E-state index contributed by atoms with van der Waals surface area (Å²) in [7, 11) is 2.99. The SMILES string of the molecule is COc1cc(OC)cc(C(=O)Nc2ccccc2NC(=O)CNC(=O)OC(C)(C)C)c1. The van der Waals surface area contributed by atoms with Crippen LogP contribution in [0, 0.1) is 0 Å². The number of alkyl carbamates (subject to hydrolysis) is 1. The number of nitrogens with one attached hydrogen (secondary N) is 3. The van der Waals surface area contributed by atoms with Crippen molar-refractivity contribution in [2.75, 3.05) is 31.4 Å². The van der Waals surface area contributed by atoms with Crippen LogP contribution >= 0.6 is 0 Å². The molecule has 2 rings (SSSR count). The Morgan fingerprint density at radius 3 is 1.94 bits per heavy atom. The molecule has 0 spiro atoms. The molecular formula is C22H27N3O6. The molecule has 3 amide bonds. The summed E-state index contributed by atoms with van der Waals surface area (Å²) >= 11 is 0. The van der Waals surface area contributed by atoms with Gasteiger partial charge in [-0.3, -0.25) is 9.59 Å². The molecule has 31 heavy (non-hydrogen) atoms. The van der Waals surface area contributed by atoms with E-state index in [0.717, 1.165) is 0 Å². The van der Waals surface area contributed by atoms with Crippen LogP contribution in [0.15, 0.2) is 42.5 Å². The first kappa shape index (κ1) is 23.5. The molecule has 166 valence electrons. The number of para-hydroxylation sites is 2. The van der Waals surface area contributed by atoms with Crippen molar-refractivity contribution >= 4 is 29.3 Å². The Labute approximate surface area is 181 Å². The number of benzene rings is 2. The molecule has 0 heterocycles. The van der Waals surface area contributed by atoms with Crippen molar-refractivity contribution in [3.8, 4) is 11.5 Å². The second-order valence-electron chi connectivity index (χ2n) is 7.50. The lowest BCUT2D eigenvalue weighted by atomic mass is 10.1. The van der Waals surface area contributed by atoms with Crippen molar-refractivity contribution < 1.29 is 28.6 Å². The Morgan fingerprint density at radius 1 is 0.871 bits per heavy atom. The summed E-state index contributed by atoms with van der Waals surface area (Å²) in [5.74, 6) is 0.0556. The molecule has 0 radical (unpaired) electrons. The monoisotopic (exact) mass is 429 g/mol. The fourth-order valence-corrected chi connectivity index (χ4v) is 2.50. The highest BCUT2D eigenvalue weighted by atomic mass is 16.6. The van der Waals surface area contributed by atoms with Crippen LogP contribution in [0.2, 0.25) is 0 Å². The molecule has 9 heteroatoms. The van der Waals surface area contributed by atoms with E-state index in [1.165, 1.54) is 14.2 Å². The molecule has 0 saturated carbocycles. The van der Waals surface area contributed by atoms with Crippen molar-refractivity contribution in [2.24, 2.45) is 0 Å². The van der Waals surface area contributed by atoms with Crippen molar-refractivity contribution in [3.05, 3.63) is 48.0 Å². The number of rotatable bonds is 7. The van der Waals surface area contributed by atoms with Crippen LogP contribution < -0.4 is 25.4 Å². The van der Waals surface area contributed by atoms with Crippen molar-refractivity contribution in [2.45, 2.75) is 26.4 Å². The smallest absolute Gasteiger partial charge is 0.408 e. The highest BCUT2D eigenvalue weighted by molar-refractivity contribution is 6.07. The number of carbonyl (C=O) groups excluding carboxylic acids is 3. The Kier molecular flexibility index (Phi) is 7.84. The molecule has 0 bridgehead atoms. The predicted octanol–water partition coefficient (Wildman–Crippen LogP) is 3.42. The molecule has 0 aliphatic heterocycles. The van der Waals surface area contributed by atoms with E-state index in [1.54, 1.807) is 63.2 Å². The van der Waals surface area contributed by atoms with Gasteiger partial charge in [-0.25, -0.2) is 4.79 Å². The maximum Gasteiger partial charge on any atom is 0.408 e. The first-order chi connectivity index (χ1) is 14.6. The van der Waals surface area contributed by atoms with Gasteiger partial charge in [-0.2, -0.15) is 0 Å². The first-order valence-corrected chi connectivity index (χ1v) is 9.51. The molecule has 0 unspecified atom stereocenters. The number of hydrogen-bond donors (Lipinski definition) is 3. The summed E-state index contributed by atoms with van der Waals surface area (Å²) < 4.78 is 15.5. The summed E-state index contributed by atoms with van der Waals surface area (Å²) in [6.07, 6.45) is -0.698. The topological polar surface area (TPSA) is 115 Å². The fourth-order valence-electron chi connectivity index (χ4n) is 2.50. The number of hydrogen-bond acceptors (Lipinski definition) is 6. The van der Waals surface area contributed by atoms with Gasteiger partial charge in [-0.15, -0.1) is 0 Å². The summed E-state index contributed by atoms with van der Waals surface area (Å²) in [5, 5.41) is 7.79. The van der Waals surface area contributed by atoms with Crippen LogP contribution in [0.3, 0.4) is 0 Å². The molecule has 2 aromatic carbocycles. The largest absolute Gasteiger partial charge is 0.497 e. The van der Waals surface area contributed by atoms with Gasteiger partial charge in [-0.1, -0.05) is 12.1 Å². The fraction of sp³-hybridized carbons (Fsp3) is 0.318. The second-order valence-corrected chi connectivity index (χ2v) is 7.50. The van der Waals surface area contributed by atoms with Crippen molar-refractivity contribution in [3.63, 3.8) is 0 Å². The van der Waals surface area contributed by atoms with E-state index in [4.69, 9.17) is 14.2 Å². The zero-order valence-electron chi connectivity index (χ0n) is 18.2. The van der Waals surface area contributed by atoms with Gasteiger partial charge in [0, 0.05) is 11.6 Å². The van der Waals surface area contributed by atoms with E-state index in [1.807, 2.05) is 0 Å². The maximum atomic E-state index is 12.7. The minimum absolute atomic E-state index is 0.287. The van der Waals surface area contributed by atoms with Gasteiger partial charge in [-0.05, 0) is 45.0 Å². The Hall–Kier alpha value is -3.75. The normalized spacial score (nSPS) is 10.6. The Balaban J connectivity index is 2.06. The van der Waals surface area contributed by atoms with Crippen molar-refractivity contribution in [1.82, 2.24) is 5.32 Å². The van der Waals surface area contributed by atoms with Gasteiger partial charge in [0.05, 0.1) is 25.6 Å². The van der Waals surface area contributed by atoms with Crippen LogP contribution in [0.4, 0.5) is 16.2 Å². The predicted molar refractivity (Wildman–Crippen MR) is 117 cm³/mol. The quantitative estimate of drug-likeness (QED) is 0.621.